The Labute approximate surface area is 134 Å². The average molecular weight is 345 g/mol. The lowest BCUT2D eigenvalue weighted by molar-refractivity contribution is -0.146. The molecule has 0 fully saturated rings. The van der Waals surface area contributed by atoms with Gasteiger partial charge in [0.1, 0.15) is 6.04 Å². The standard InChI is InChI=1S/C17H13F6N/c18-16(19,20)14-8-6-13(7-9-14)11-24-15(17(21,22)23)10-12-4-2-1-3-5-12/h1-9,11,15H,10H2. The van der Waals surface area contributed by atoms with Crippen molar-refractivity contribution in [1.29, 1.82) is 0 Å². The number of benzene rings is 2. The molecule has 0 bridgehead atoms. The summed E-state index contributed by atoms with van der Waals surface area (Å²) in [5, 5.41) is 0. The fraction of sp³-hybridized carbons (Fsp3) is 0.235. The van der Waals surface area contributed by atoms with Crippen molar-refractivity contribution in [2.75, 3.05) is 0 Å². The lowest BCUT2D eigenvalue weighted by atomic mass is 10.1. The fourth-order valence-corrected chi connectivity index (χ4v) is 2.02. The van der Waals surface area contributed by atoms with Crippen molar-refractivity contribution in [3.63, 3.8) is 0 Å². The quantitative estimate of drug-likeness (QED) is 0.527. The van der Waals surface area contributed by atoms with Gasteiger partial charge in [0, 0.05) is 12.6 Å². The highest BCUT2D eigenvalue weighted by atomic mass is 19.4. The molecule has 0 spiro atoms. The Hall–Kier alpha value is -2.31. The second-order valence-corrected chi connectivity index (χ2v) is 5.15. The summed E-state index contributed by atoms with van der Waals surface area (Å²) in [7, 11) is 0. The van der Waals surface area contributed by atoms with Crippen molar-refractivity contribution in [2.45, 2.75) is 24.8 Å². The molecule has 24 heavy (non-hydrogen) atoms. The second kappa shape index (κ2) is 7.07. The van der Waals surface area contributed by atoms with Crippen LogP contribution >= 0.6 is 0 Å². The van der Waals surface area contributed by atoms with E-state index in [9.17, 15) is 26.3 Å². The Morgan fingerprint density at radius 3 is 1.92 bits per heavy atom. The van der Waals surface area contributed by atoms with Gasteiger partial charge < -0.3 is 0 Å². The first-order valence-corrected chi connectivity index (χ1v) is 6.97. The molecule has 2 rings (SSSR count). The topological polar surface area (TPSA) is 12.4 Å². The zero-order valence-electron chi connectivity index (χ0n) is 12.3. The largest absolute Gasteiger partial charge is 0.416 e. The number of rotatable bonds is 4. The minimum atomic E-state index is -4.54. The van der Waals surface area contributed by atoms with Crippen LogP contribution in [0.25, 0.3) is 0 Å². The van der Waals surface area contributed by atoms with Crippen molar-refractivity contribution >= 4 is 6.21 Å². The average Bonchev–Trinajstić information content (AvgIpc) is 2.51. The highest BCUT2D eigenvalue weighted by molar-refractivity contribution is 5.79. The van der Waals surface area contributed by atoms with Gasteiger partial charge in [-0.2, -0.15) is 26.3 Å². The number of nitrogens with zero attached hydrogens (tertiary/aromatic N) is 1. The van der Waals surface area contributed by atoms with Crippen LogP contribution in [0.4, 0.5) is 26.3 Å². The molecule has 0 aliphatic heterocycles. The van der Waals surface area contributed by atoms with Gasteiger partial charge in [0.15, 0.2) is 0 Å². The summed E-state index contributed by atoms with van der Waals surface area (Å²) >= 11 is 0. The van der Waals surface area contributed by atoms with Crippen LogP contribution < -0.4 is 0 Å². The van der Waals surface area contributed by atoms with Gasteiger partial charge in [0.2, 0.25) is 0 Å². The lowest BCUT2D eigenvalue weighted by Gasteiger charge is -2.16. The predicted octanol–water partition coefficient (Wildman–Crippen LogP) is 5.30. The number of aliphatic imine (C=N–C) groups is 1. The first kappa shape index (κ1) is 18.0. The molecule has 0 aromatic heterocycles. The maximum absolute atomic E-state index is 13.1. The van der Waals surface area contributed by atoms with Crippen molar-refractivity contribution in [1.82, 2.24) is 0 Å². The van der Waals surface area contributed by atoms with Crippen LogP contribution in [0.3, 0.4) is 0 Å². The molecule has 0 heterocycles. The summed E-state index contributed by atoms with van der Waals surface area (Å²) in [5.41, 5.74) is -0.217. The third kappa shape index (κ3) is 5.11. The Morgan fingerprint density at radius 1 is 0.833 bits per heavy atom. The van der Waals surface area contributed by atoms with Crippen LogP contribution in [0.2, 0.25) is 0 Å². The molecule has 128 valence electrons. The number of hydrogen-bond donors (Lipinski definition) is 0. The summed E-state index contributed by atoms with van der Waals surface area (Å²) in [5.74, 6) is 0. The summed E-state index contributed by atoms with van der Waals surface area (Å²) in [6, 6.07) is 9.90. The third-order valence-corrected chi connectivity index (χ3v) is 3.29. The summed E-state index contributed by atoms with van der Waals surface area (Å²) in [6.07, 6.45) is -8.42. The molecule has 0 radical (unpaired) electrons. The van der Waals surface area contributed by atoms with Crippen LogP contribution in [0.1, 0.15) is 16.7 Å². The van der Waals surface area contributed by atoms with Gasteiger partial charge in [-0.3, -0.25) is 4.99 Å². The molecule has 2 aromatic rings. The van der Waals surface area contributed by atoms with Gasteiger partial charge in [-0.25, -0.2) is 0 Å². The van der Waals surface area contributed by atoms with E-state index in [1.54, 1.807) is 30.3 Å². The van der Waals surface area contributed by atoms with Gasteiger partial charge in [0.05, 0.1) is 5.56 Å². The molecular formula is C17H13F6N. The normalized spacial score (nSPS) is 14.1. The Bertz CT molecular complexity index is 671. The van der Waals surface area contributed by atoms with Crippen LogP contribution in [-0.4, -0.2) is 18.4 Å². The highest BCUT2D eigenvalue weighted by Crippen LogP contribution is 2.29. The van der Waals surface area contributed by atoms with Crippen molar-refractivity contribution in [3.05, 3.63) is 71.3 Å². The van der Waals surface area contributed by atoms with Gasteiger partial charge in [0.25, 0.3) is 0 Å². The van der Waals surface area contributed by atoms with Crippen molar-refractivity contribution < 1.29 is 26.3 Å². The molecule has 1 unspecified atom stereocenters. The van der Waals surface area contributed by atoms with E-state index in [0.29, 0.717) is 5.56 Å². The van der Waals surface area contributed by atoms with E-state index in [-0.39, 0.29) is 12.0 Å². The molecular weight excluding hydrogens is 332 g/mol. The second-order valence-electron chi connectivity index (χ2n) is 5.15. The van der Waals surface area contributed by atoms with Crippen LogP contribution in [0.15, 0.2) is 59.6 Å². The van der Waals surface area contributed by atoms with Gasteiger partial charge in [-0.15, -0.1) is 0 Å². The molecule has 0 amide bonds. The number of halogens is 6. The zero-order valence-corrected chi connectivity index (χ0v) is 12.3. The van der Waals surface area contributed by atoms with Crippen molar-refractivity contribution in [3.8, 4) is 0 Å². The van der Waals surface area contributed by atoms with Gasteiger partial charge in [-0.05, 0) is 23.3 Å². The predicted molar refractivity (Wildman–Crippen MR) is 79.0 cm³/mol. The maximum atomic E-state index is 13.1. The van der Waals surface area contributed by atoms with E-state index in [1.807, 2.05) is 0 Å². The van der Waals surface area contributed by atoms with E-state index in [4.69, 9.17) is 0 Å². The molecule has 1 nitrogen and oxygen atoms in total. The molecule has 0 N–H and O–H groups in total. The maximum Gasteiger partial charge on any atom is 0.416 e. The molecule has 2 aromatic carbocycles. The smallest absolute Gasteiger partial charge is 0.279 e. The zero-order chi connectivity index (χ0) is 17.8. The Morgan fingerprint density at radius 2 is 1.42 bits per heavy atom. The molecule has 7 heteroatoms. The highest BCUT2D eigenvalue weighted by Gasteiger charge is 2.39. The van der Waals surface area contributed by atoms with Crippen LogP contribution in [0.5, 0.6) is 0 Å². The molecule has 0 aliphatic rings. The van der Waals surface area contributed by atoms with E-state index in [2.05, 4.69) is 4.99 Å². The van der Waals surface area contributed by atoms with E-state index >= 15 is 0 Å². The van der Waals surface area contributed by atoms with Gasteiger partial charge >= 0.3 is 12.4 Å². The summed E-state index contributed by atoms with van der Waals surface area (Å²) < 4.78 is 76.5. The molecule has 1 atom stereocenters. The first-order chi connectivity index (χ1) is 11.2. The number of hydrogen-bond acceptors (Lipinski definition) is 1. The first-order valence-electron chi connectivity index (χ1n) is 6.97. The Balaban J connectivity index is 2.15. The van der Waals surface area contributed by atoms with E-state index < -0.39 is 24.0 Å². The van der Waals surface area contributed by atoms with E-state index in [1.165, 1.54) is 0 Å². The minimum Gasteiger partial charge on any atom is -0.279 e. The molecule has 0 saturated heterocycles. The van der Waals surface area contributed by atoms with Crippen molar-refractivity contribution in [2.24, 2.45) is 4.99 Å². The van der Waals surface area contributed by atoms with Crippen LogP contribution in [0, 0.1) is 0 Å². The summed E-state index contributed by atoms with van der Waals surface area (Å²) in [6.45, 7) is 0. The lowest BCUT2D eigenvalue weighted by Crippen LogP contribution is -2.29. The monoisotopic (exact) mass is 345 g/mol. The third-order valence-electron chi connectivity index (χ3n) is 3.29. The Kier molecular flexibility index (Phi) is 5.31. The van der Waals surface area contributed by atoms with Crippen LogP contribution in [-0.2, 0) is 12.6 Å². The minimum absolute atomic E-state index is 0.172. The number of alkyl halides is 6. The fourth-order valence-electron chi connectivity index (χ4n) is 2.02. The van der Waals surface area contributed by atoms with Gasteiger partial charge in [-0.1, -0.05) is 42.5 Å². The van der Waals surface area contributed by atoms with E-state index in [0.717, 1.165) is 30.5 Å². The molecule has 0 aliphatic carbocycles. The summed E-state index contributed by atoms with van der Waals surface area (Å²) in [4.78, 5) is 3.52. The molecule has 0 saturated carbocycles. The SMILES string of the molecule is FC(F)(F)c1ccc(C=NC(Cc2ccccc2)C(F)(F)F)cc1.